The Bertz CT molecular complexity index is 128. The Morgan fingerprint density at radius 2 is 1.82 bits per heavy atom. The highest BCUT2D eigenvalue weighted by molar-refractivity contribution is 5.62. The first kappa shape index (κ1) is 10.3. The number of aliphatic hydroxyl groups is 4. The van der Waals surface area contributed by atoms with E-state index in [1.807, 2.05) is 0 Å². The molecule has 0 unspecified atom stereocenters. The quantitative estimate of drug-likeness (QED) is 0.180. The highest BCUT2D eigenvalue weighted by Gasteiger charge is 2.22. The fourth-order valence-electron chi connectivity index (χ4n) is 0.492. The Hall–Kier alpha value is -0.690. The van der Waals surface area contributed by atoms with Gasteiger partial charge in [0, 0.05) is 0 Å². The van der Waals surface area contributed by atoms with Crippen molar-refractivity contribution in [3.05, 3.63) is 0 Å². The van der Waals surface area contributed by atoms with Gasteiger partial charge >= 0.3 is 0 Å². The first-order valence-corrected chi connectivity index (χ1v) is 2.96. The van der Waals surface area contributed by atoms with Gasteiger partial charge in [0.25, 0.3) is 0 Å². The van der Waals surface area contributed by atoms with Gasteiger partial charge in [-0.3, -0.25) is 0 Å². The van der Waals surface area contributed by atoms with Gasteiger partial charge in [-0.15, -0.1) is 0 Å². The molecule has 3 atom stereocenters. The second-order valence-electron chi connectivity index (χ2n) is 2.00. The van der Waals surface area contributed by atoms with Crippen LogP contribution in [0, 0.1) is 0 Å². The van der Waals surface area contributed by atoms with Crippen LogP contribution in [0.3, 0.4) is 0 Å². The Morgan fingerprint density at radius 3 is 2.18 bits per heavy atom. The SMILES string of the molecule is OC[C@@H](O)[C@H](O)[C@@H](O)C=NO. The van der Waals surface area contributed by atoms with Gasteiger partial charge in [0.15, 0.2) is 0 Å². The molecular weight excluding hydrogens is 154 g/mol. The van der Waals surface area contributed by atoms with Gasteiger partial charge in [-0.05, 0) is 0 Å². The van der Waals surface area contributed by atoms with Crippen LogP contribution < -0.4 is 0 Å². The molecule has 0 rings (SSSR count). The van der Waals surface area contributed by atoms with Gasteiger partial charge in [0.2, 0.25) is 0 Å². The van der Waals surface area contributed by atoms with Crippen LogP contribution in [-0.2, 0) is 0 Å². The van der Waals surface area contributed by atoms with Crippen LogP contribution in [0.15, 0.2) is 5.16 Å². The summed E-state index contributed by atoms with van der Waals surface area (Å²) in [4.78, 5) is 0. The van der Waals surface area contributed by atoms with E-state index in [-0.39, 0.29) is 0 Å². The molecule has 0 aliphatic carbocycles. The van der Waals surface area contributed by atoms with E-state index in [9.17, 15) is 0 Å². The van der Waals surface area contributed by atoms with E-state index < -0.39 is 24.9 Å². The van der Waals surface area contributed by atoms with Crippen molar-refractivity contribution in [3.63, 3.8) is 0 Å². The second kappa shape index (κ2) is 5.03. The van der Waals surface area contributed by atoms with Gasteiger partial charge < -0.3 is 25.6 Å². The van der Waals surface area contributed by atoms with E-state index in [2.05, 4.69) is 5.16 Å². The van der Waals surface area contributed by atoms with Crippen molar-refractivity contribution in [2.24, 2.45) is 5.16 Å². The van der Waals surface area contributed by atoms with Crippen LogP contribution in [0.1, 0.15) is 0 Å². The molecule has 0 aromatic heterocycles. The van der Waals surface area contributed by atoms with E-state index in [4.69, 9.17) is 25.6 Å². The number of hydrogen-bond donors (Lipinski definition) is 5. The summed E-state index contributed by atoms with van der Waals surface area (Å²) in [5.41, 5.74) is 0. The largest absolute Gasteiger partial charge is 0.411 e. The summed E-state index contributed by atoms with van der Waals surface area (Å²) >= 11 is 0. The topological polar surface area (TPSA) is 114 Å². The summed E-state index contributed by atoms with van der Waals surface area (Å²) in [6, 6.07) is 0. The Morgan fingerprint density at radius 1 is 1.27 bits per heavy atom. The summed E-state index contributed by atoms with van der Waals surface area (Å²) in [7, 11) is 0. The average Bonchev–Trinajstić information content (AvgIpc) is 2.02. The molecule has 0 aliphatic rings. The minimum absolute atomic E-state index is 0.642. The molecule has 0 aromatic carbocycles. The highest BCUT2D eigenvalue weighted by atomic mass is 16.4. The van der Waals surface area contributed by atoms with Crippen LogP contribution in [-0.4, -0.2) is 56.8 Å². The van der Waals surface area contributed by atoms with Crippen molar-refractivity contribution in [2.75, 3.05) is 6.61 Å². The standard InChI is InChI=1S/C5H11NO5/c7-2-4(9)5(10)3(8)1-6-11/h1,3-5,7-11H,2H2/t3-,4+,5+/m0/s1. The summed E-state index contributed by atoms with van der Waals surface area (Å²) in [6.45, 7) is -0.669. The first-order valence-electron chi connectivity index (χ1n) is 2.96. The number of rotatable bonds is 4. The molecule has 5 N–H and O–H groups in total. The van der Waals surface area contributed by atoms with E-state index >= 15 is 0 Å². The van der Waals surface area contributed by atoms with Crippen molar-refractivity contribution in [3.8, 4) is 0 Å². The lowest BCUT2D eigenvalue weighted by atomic mass is 10.1. The maximum absolute atomic E-state index is 8.85. The Kier molecular flexibility index (Phi) is 4.71. The maximum atomic E-state index is 8.85. The predicted molar refractivity (Wildman–Crippen MR) is 35.4 cm³/mol. The highest BCUT2D eigenvalue weighted by Crippen LogP contribution is 1.97. The molecule has 0 aromatic rings. The van der Waals surface area contributed by atoms with Crippen LogP contribution >= 0.6 is 0 Å². The molecule has 0 aliphatic heterocycles. The number of hydrogen-bond acceptors (Lipinski definition) is 6. The van der Waals surface area contributed by atoms with E-state index in [1.54, 1.807) is 0 Å². The first-order chi connectivity index (χ1) is 5.13. The van der Waals surface area contributed by atoms with Gasteiger partial charge in [-0.1, -0.05) is 5.16 Å². The van der Waals surface area contributed by atoms with Crippen LogP contribution in [0.5, 0.6) is 0 Å². The normalized spacial score (nSPS) is 20.0. The molecule has 6 nitrogen and oxygen atoms in total. The average molecular weight is 165 g/mol. The molecular formula is C5H11NO5. The minimum atomic E-state index is -1.55. The molecule has 11 heavy (non-hydrogen) atoms. The summed E-state index contributed by atoms with van der Waals surface area (Å²) in [5, 5.41) is 45.0. The smallest absolute Gasteiger partial charge is 0.121 e. The Labute approximate surface area is 63.0 Å². The number of aliphatic hydroxyl groups excluding tert-OH is 4. The Balaban J connectivity index is 3.90. The van der Waals surface area contributed by atoms with Crippen molar-refractivity contribution in [2.45, 2.75) is 18.3 Å². The maximum Gasteiger partial charge on any atom is 0.121 e. The van der Waals surface area contributed by atoms with Crippen LogP contribution in [0.25, 0.3) is 0 Å². The zero-order chi connectivity index (χ0) is 8.85. The van der Waals surface area contributed by atoms with Crippen molar-refractivity contribution < 1.29 is 25.6 Å². The third-order valence-electron chi connectivity index (χ3n) is 1.15. The molecule has 0 fully saturated rings. The molecule has 6 heteroatoms. The van der Waals surface area contributed by atoms with E-state index in [0.29, 0.717) is 6.21 Å². The summed E-state index contributed by atoms with van der Waals surface area (Å²) in [6.07, 6.45) is -3.83. The molecule has 0 spiro atoms. The monoisotopic (exact) mass is 165 g/mol. The molecule has 0 saturated carbocycles. The van der Waals surface area contributed by atoms with Crippen LogP contribution in [0.4, 0.5) is 0 Å². The van der Waals surface area contributed by atoms with Gasteiger partial charge in [-0.2, -0.15) is 0 Å². The molecule has 0 bridgehead atoms. The molecule has 0 heterocycles. The van der Waals surface area contributed by atoms with E-state index in [0.717, 1.165) is 0 Å². The van der Waals surface area contributed by atoms with Crippen molar-refractivity contribution in [1.29, 1.82) is 0 Å². The van der Waals surface area contributed by atoms with Crippen LogP contribution in [0.2, 0.25) is 0 Å². The second-order valence-corrected chi connectivity index (χ2v) is 2.00. The van der Waals surface area contributed by atoms with E-state index in [1.165, 1.54) is 0 Å². The molecule has 0 saturated heterocycles. The lowest BCUT2D eigenvalue weighted by molar-refractivity contribution is -0.0546. The van der Waals surface area contributed by atoms with Crippen molar-refractivity contribution >= 4 is 6.21 Å². The third-order valence-corrected chi connectivity index (χ3v) is 1.15. The molecule has 0 radical (unpaired) electrons. The zero-order valence-electron chi connectivity index (χ0n) is 5.70. The lowest BCUT2D eigenvalue weighted by Gasteiger charge is -2.17. The van der Waals surface area contributed by atoms with Gasteiger partial charge in [0.1, 0.15) is 18.3 Å². The minimum Gasteiger partial charge on any atom is -0.411 e. The number of nitrogens with zero attached hydrogens (tertiary/aromatic N) is 1. The van der Waals surface area contributed by atoms with Gasteiger partial charge in [0.05, 0.1) is 12.8 Å². The summed E-state index contributed by atoms with van der Waals surface area (Å²) < 4.78 is 0. The fourth-order valence-corrected chi connectivity index (χ4v) is 0.492. The molecule has 0 amide bonds. The lowest BCUT2D eigenvalue weighted by Crippen LogP contribution is -2.40. The fraction of sp³-hybridized carbons (Fsp3) is 0.800. The van der Waals surface area contributed by atoms with Crippen molar-refractivity contribution in [1.82, 2.24) is 0 Å². The summed E-state index contributed by atoms with van der Waals surface area (Å²) in [5.74, 6) is 0. The zero-order valence-corrected chi connectivity index (χ0v) is 5.70. The molecule has 66 valence electrons. The number of oxime groups is 1. The predicted octanol–water partition coefficient (Wildman–Crippen LogP) is -2.48. The third kappa shape index (κ3) is 3.28. The van der Waals surface area contributed by atoms with Gasteiger partial charge in [-0.25, -0.2) is 0 Å².